The Kier molecular flexibility index (Phi) is 34.7. The molecule has 0 aliphatic heterocycles. The van der Waals surface area contributed by atoms with Gasteiger partial charge in [0.05, 0.1) is 0 Å². The fourth-order valence-electron chi connectivity index (χ4n) is 0.222. The van der Waals surface area contributed by atoms with Crippen molar-refractivity contribution in [2.45, 2.75) is 13.8 Å². The van der Waals surface area contributed by atoms with Crippen molar-refractivity contribution in [1.29, 1.82) is 0 Å². The van der Waals surface area contributed by atoms with Gasteiger partial charge in [0.2, 0.25) is 0 Å². The Morgan fingerprint density at radius 1 is 0.818 bits per heavy atom. The molecule has 0 aromatic carbocycles. The van der Waals surface area contributed by atoms with Gasteiger partial charge in [0, 0.05) is 0 Å². The zero-order valence-electron chi connectivity index (χ0n) is 6.94. The van der Waals surface area contributed by atoms with Crippen LogP contribution in [-0.2, 0) is 16.5 Å². The van der Waals surface area contributed by atoms with Crippen LogP contribution in [0.3, 0.4) is 0 Å². The zero-order valence-corrected chi connectivity index (χ0v) is 7.92. The van der Waals surface area contributed by atoms with Crippen LogP contribution in [0.15, 0.2) is 36.5 Å². The Bertz CT molecular complexity index is 105. The molecule has 0 bridgehead atoms. The van der Waals surface area contributed by atoms with Gasteiger partial charge >= 0.3 is 16.5 Å². The van der Waals surface area contributed by atoms with Crippen molar-refractivity contribution in [1.82, 2.24) is 0 Å². The summed E-state index contributed by atoms with van der Waals surface area (Å²) in [7, 11) is 0. The van der Waals surface area contributed by atoms with Gasteiger partial charge in [-0.3, -0.25) is 13.2 Å². The third-order valence-electron chi connectivity index (χ3n) is 0.607. The Labute approximate surface area is 80.3 Å². The molecule has 0 aromatic heterocycles. The first-order chi connectivity index (χ1) is 4.83. The van der Waals surface area contributed by atoms with Crippen LogP contribution in [0.4, 0.5) is 0 Å². The second-order valence-corrected chi connectivity index (χ2v) is 1.44. The van der Waals surface area contributed by atoms with Crippen molar-refractivity contribution in [3.05, 3.63) is 49.6 Å². The summed E-state index contributed by atoms with van der Waals surface area (Å²) in [6, 6.07) is 0. The maximum Gasteiger partial charge on any atom is 2.00 e. The number of allylic oxidation sites excluding steroid dienone is 6. The first kappa shape index (κ1) is 16.8. The van der Waals surface area contributed by atoms with Gasteiger partial charge in [0.25, 0.3) is 0 Å². The van der Waals surface area contributed by atoms with Crippen LogP contribution in [0.2, 0.25) is 0 Å². The van der Waals surface area contributed by atoms with Gasteiger partial charge in [0.1, 0.15) is 0 Å². The third kappa shape index (κ3) is 44.0. The Morgan fingerprint density at radius 2 is 1.09 bits per heavy atom. The van der Waals surface area contributed by atoms with Gasteiger partial charge in [-0.05, 0) is 0 Å². The molecule has 0 amide bonds. The average Bonchev–Trinajstić information content (AvgIpc) is 1.93. The molecule has 0 atom stereocenters. The van der Waals surface area contributed by atoms with E-state index in [4.69, 9.17) is 13.2 Å². The van der Waals surface area contributed by atoms with Gasteiger partial charge in [-0.15, -0.1) is 0 Å². The van der Waals surface area contributed by atoms with E-state index in [0.717, 1.165) is 0 Å². The Balaban J connectivity index is -0.000000107. The average molecular weight is 193 g/mol. The maximum atomic E-state index is 4.93. The summed E-state index contributed by atoms with van der Waals surface area (Å²) in [6.45, 7) is 13.7. The maximum absolute atomic E-state index is 4.93. The van der Waals surface area contributed by atoms with E-state index in [1.165, 1.54) is 12.2 Å². The van der Waals surface area contributed by atoms with E-state index in [1.54, 1.807) is 12.2 Å². The van der Waals surface area contributed by atoms with E-state index in [0.29, 0.717) is 0 Å². The van der Waals surface area contributed by atoms with Crippen molar-refractivity contribution in [2.75, 3.05) is 0 Å². The summed E-state index contributed by atoms with van der Waals surface area (Å²) >= 11 is 0. The van der Waals surface area contributed by atoms with Crippen LogP contribution in [-0.4, -0.2) is 0 Å². The number of rotatable bonds is 2. The minimum atomic E-state index is 0. The quantitative estimate of drug-likeness (QED) is 0.359. The fourth-order valence-corrected chi connectivity index (χ4v) is 0.222. The van der Waals surface area contributed by atoms with E-state index in [1.807, 2.05) is 26.0 Å². The van der Waals surface area contributed by atoms with Crippen molar-refractivity contribution in [3.8, 4) is 0 Å². The predicted molar refractivity (Wildman–Crippen MR) is 47.4 cm³/mol. The second kappa shape index (κ2) is 22.7. The van der Waals surface area contributed by atoms with Crippen LogP contribution < -0.4 is 0 Å². The van der Waals surface area contributed by atoms with Gasteiger partial charge in [-0.25, -0.2) is 24.3 Å². The molecular formula is C10H14Ni. The van der Waals surface area contributed by atoms with Crippen LogP contribution >= 0.6 is 0 Å². The van der Waals surface area contributed by atoms with E-state index < -0.39 is 0 Å². The monoisotopic (exact) mass is 192 g/mol. The largest absolute Gasteiger partial charge is 2.00 e. The van der Waals surface area contributed by atoms with Crippen LogP contribution in [0.25, 0.3) is 0 Å². The van der Waals surface area contributed by atoms with Gasteiger partial charge < -0.3 is 0 Å². The molecule has 0 spiro atoms. The molecule has 0 saturated carbocycles. The van der Waals surface area contributed by atoms with Crippen molar-refractivity contribution < 1.29 is 16.5 Å². The molecule has 0 saturated heterocycles. The van der Waals surface area contributed by atoms with E-state index in [-0.39, 0.29) is 16.5 Å². The molecule has 0 unspecified atom stereocenters. The SMILES string of the molecule is [CH-]=CC=CC.[CH-]=CC=CC.[Ni+2]. The van der Waals surface area contributed by atoms with Gasteiger partial charge in [-0.1, -0.05) is 13.8 Å². The normalized spacial score (nSPS) is 8.18. The zero-order chi connectivity index (χ0) is 8.24. The molecule has 0 N–H and O–H groups in total. The molecular weight excluding hydrogens is 179 g/mol. The molecule has 0 rings (SSSR count). The Hall–Kier alpha value is -0.546. The number of hydrogen-bond acceptors (Lipinski definition) is 0. The molecule has 0 aliphatic rings. The minimum Gasteiger partial charge on any atom is -0.293 e. The molecule has 0 heterocycles. The predicted octanol–water partition coefficient (Wildman–Crippen LogP) is 3.10. The molecule has 64 valence electrons. The summed E-state index contributed by atoms with van der Waals surface area (Å²) in [5.41, 5.74) is 0. The minimum absolute atomic E-state index is 0. The van der Waals surface area contributed by atoms with E-state index in [2.05, 4.69) is 0 Å². The smallest absolute Gasteiger partial charge is 0.293 e. The molecule has 0 radical (unpaired) electrons. The van der Waals surface area contributed by atoms with Gasteiger partial charge in [-0.2, -0.15) is 12.2 Å². The molecule has 11 heavy (non-hydrogen) atoms. The molecule has 0 fully saturated rings. The standard InChI is InChI=1S/2C5H7.Ni/c2*1-3-5-4-2;/h2*1,3-5H,2H3;/q2*-1;+2. The first-order valence-corrected chi connectivity index (χ1v) is 3.15. The molecule has 1 heteroatoms. The molecule has 0 aliphatic carbocycles. The van der Waals surface area contributed by atoms with E-state index >= 15 is 0 Å². The molecule has 0 nitrogen and oxygen atoms in total. The Morgan fingerprint density at radius 3 is 1.09 bits per heavy atom. The van der Waals surface area contributed by atoms with Crippen molar-refractivity contribution in [3.63, 3.8) is 0 Å². The van der Waals surface area contributed by atoms with Crippen molar-refractivity contribution >= 4 is 0 Å². The summed E-state index contributed by atoms with van der Waals surface area (Å²) < 4.78 is 0. The van der Waals surface area contributed by atoms with Crippen molar-refractivity contribution in [2.24, 2.45) is 0 Å². The van der Waals surface area contributed by atoms with Crippen LogP contribution in [0, 0.1) is 13.2 Å². The second-order valence-electron chi connectivity index (χ2n) is 1.44. The number of hydrogen-bond donors (Lipinski definition) is 0. The fraction of sp³-hybridized carbons (Fsp3) is 0.200. The summed E-state index contributed by atoms with van der Waals surface area (Å²) in [5, 5.41) is 0. The summed E-state index contributed by atoms with van der Waals surface area (Å²) in [6.07, 6.45) is 10.3. The van der Waals surface area contributed by atoms with Crippen LogP contribution in [0.5, 0.6) is 0 Å². The first-order valence-electron chi connectivity index (χ1n) is 3.15. The van der Waals surface area contributed by atoms with Crippen LogP contribution in [0.1, 0.15) is 13.8 Å². The summed E-state index contributed by atoms with van der Waals surface area (Å²) in [5.74, 6) is 0. The summed E-state index contributed by atoms with van der Waals surface area (Å²) in [4.78, 5) is 0. The molecule has 0 aromatic rings. The topological polar surface area (TPSA) is 0 Å². The van der Waals surface area contributed by atoms with Gasteiger partial charge in [0.15, 0.2) is 0 Å². The van der Waals surface area contributed by atoms with E-state index in [9.17, 15) is 0 Å². The third-order valence-corrected chi connectivity index (χ3v) is 0.607.